The largest absolute Gasteiger partial charge is 0.316 e. The normalized spacial score (nSPS) is 38.5. The number of nitrogens with zero attached hydrogens (tertiary/aromatic N) is 1. The van der Waals surface area contributed by atoms with Gasteiger partial charge in [-0.2, -0.15) is 0 Å². The number of likely N-dealkylation sites (tertiary alicyclic amines) is 1. The van der Waals surface area contributed by atoms with Crippen molar-refractivity contribution in [2.45, 2.75) is 19.3 Å². The molecule has 3 fully saturated rings. The van der Waals surface area contributed by atoms with Gasteiger partial charge in [-0.15, -0.1) is 0 Å². The van der Waals surface area contributed by atoms with Gasteiger partial charge in [-0.25, -0.2) is 0 Å². The van der Waals surface area contributed by atoms with Crippen molar-refractivity contribution >= 4 is 0 Å². The Balaban J connectivity index is 1.44. The highest BCUT2D eigenvalue weighted by Gasteiger charge is 2.52. The van der Waals surface area contributed by atoms with Gasteiger partial charge in [0.25, 0.3) is 0 Å². The third-order valence-electron chi connectivity index (χ3n) is 3.75. The van der Waals surface area contributed by atoms with Gasteiger partial charge in [0, 0.05) is 19.6 Å². The van der Waals surface area contributed by atoms with Crippen molar-refractivity contribution in [3.05, 3.63) is 0 Å². The van der Waals surface area contributed by atoms with Crippen molar-refractivity contribution in [2.75, 3.05) is 32.7 Å². The highest BCUT2D eigenvalue weighted by atomic mass is 15.2. The van der Waals surface area contributed by atoms with E-state index in [0.29, 0.717) is 0 Å². The number of hydrogen-bond donors (Lipinski definition) is 1. The molecule has 2 heteroatoms. The molecule has 1 N–H and O–H groups in total. The molecular weight excluding hydrogens is 148 g/mol. The van der Waals surface area contributed by atoms with E-state index in [0.717, 1.165) is 11.3 Å². The van der Waals surface area contributed by atoms with Crippen molar-refractivity contribution < 1.29 is 0 Å². The third-order valence-corrected chi connectivity index (χ3v) is 3.75. The molecule has 2 saturated heterocycles. The molecule has 1 unspecified atom stereocenters. The summed E-state index contributed by atoms with van der Waals surface area (Å²) in [5.41, 5.74) is 0.853. The Labute approximate surface area is 74.3 Å². The second-order valence-electron chi connectivity index (χ2n) is 5.03. The van der Waals surface area contributed by atoms with Gasteiger partial charge in [0.05, 0.1) is 0 Å². The van der Waals surface area contributed by atoms with Crippen LogP contribution in [0, 0.1) is 11.3 Å². The van der Waals surface area contributed by atoms with Crippen LogP contribution < -0.4 is 5.32 Å². The average Bonchev–Trinajstić information content (AvgIpc) is 2.59. The van der Waals surface area contributed by atoms with Gasteiger partial charge in [0.1, 0.15) is 0 Å². The minimum atomic E-state index is 0.853. The van der Waals surface area contributed by atoms with Crippen LogP contribution in [0.25, 0.3) is 0 Å². The summed E-state index contributed by atoms with van der Waals surface area (Å²) in [6.45, 7) is 6.73. The number of hydrogen-bond acceptors (Lipinski definition) is 2. The summed E-state index contributed by atoms with van der Waals surface area (Å²) < 4.78 is 0. The van der Waals surface area contributed by atoms with Crippen molar-refractivity contribution in [3.63, 3.8) is 0 Å². The van der Waals surface area contributed by atoms with E-state index in [1.807, 2.05) is 0 Å². The molecule has 3 aliphatic rings. The summed E-state index contributed by atoms with van der Waals surface area (Å²) in [6, 6.07) is 0. The monoisotopic (exact) mass is 166 g/mol. The van der Waals surface area contributed by atoms with Gasteiger partial charge in [-0.1, -0.05) is 0 Å². The van der Waals surface area contributed by atoms with Crippen LogP contribution in [0.4, 0.5) is 0 Å². The lowest BCUT2D eigenvalue weighted by Gasteiger charge is -2.41. The van der Waals surface area contributed by atoms with E-state index < -0.39 is 0 Å². The lowest BCUT2D eigenvalue weighted by molar-refractivity contribution is 0.0671. The molecule has 1 saturated carbocycles. The Hall–Kier alpha value is -0.0800. The van der Waals surface area contributed by atoms with Crippen molar-refractivity contribution in [1.82, 2.24) is 10.2 Å². The minimum absolute atomic E-state index is 0.853. The van der Waals surface area contributed by atoms with E-state index in [2.05, 4.69) is 10.2 Å². The van der Waals surface area contributed by atoms with Crippen LogP contribution in [-0.2, 0) is 0 Å². The molecule has 1 spiro atoms. The van der Waals surface area contributed by atoms with E-state index in [-0.39, 0.29) is 0 Å². The van der Waals surface area contributed by atoms with Gasteiger partial charge in [-0.05, 0) is 43.7 Å². The van der Waals surface area contributed by atoms with Crippen molar-refractivity contribution in [1.29, 1.82) is 0 Å². The standard InChI is InChI=1S/C10H18N2/c1-4-11-5-9(1)6-12-7-10(8-12)2-3-10/h9,11H,1-8H2. The molecule has 0 aromatic carbocycles. The highest BCUT2D eigenvalue weighted by molar-refractivity contribution is 5.05. The zero-order chi connectivity index (χ0) is 8.02. The van der Waals surface area contributed by atoms with E-state index in [1.165, 1.54) is 52.0 Å². The minimum Gasteiger partial charge on any atom is -0.316 e. The van der Waals surface area contributed by atoms with E-state index in [1.54, 1.807) is 0 Å². The van der Waals surface area contributed by atoms with Crippen LogP contribution >= 0.6 is 0 Å². The number of nitrogens with one attached hydrogen (secondary N) is 1. The first-order valence-electron chi connectivity index (χ1n) is 5.29. The molecule has 0 aromatic rings. The van der Waals surface area contributed by atoms with Gasteiger partial charge < -0.3 is 10.2 Å². The van der Waals surface area contributed by atoms with Crippen LogP contribution in [0.5, 0.6) is 0 Å². The summed E-state index contributed by atoms with van der Waals surface area (Å²) in [5, 5.41) is 3.44. The van der Waals surface area contributed by atoms with Gasteiger partial charge >= 0.3 is 0 Å². The maximum absolute atomic E-state index is 3.44. The first-order valence-corrected chi connectivity index (χ1v) is 5.29. The maximum Gasteiger partial charge on any atom is 0.00506 e. The molecule has 0 bridgehead atoms. The molecular formula is C10H18N2. The lowest BCUT2D eigenvalue weighted by Crippen LogP contribution is -2.50. The first-order chi connectivity index (χ1) is 5.86. The summed E-state index contributed by atoms with van der Waals surface area (Å²) in [7, 11) is 0. The topological polar surface area (TPSA) is 15.3 Å². The first kappa shape index (κ1) is 7.34. The third kappa shape index (κ3) is 1.17. The van der Waals surface area contributed by atoms with Crippen LogP contribution in [0.15, 0.2) is 0 Å². The van der Waals surface area contributed by atoms with Crippen molar-refractivity contribution in [3.8, 4) is 0 Å². The van der Waals surface area contributed by atoms with Gasteiger partial charge in [0.15, 0.2) is 0 Å². The molecule has 2 heterocycles. The van der Waals surface area contributed by atoms with Crippen LogP contribution in [0.2, 0.25) is 0 Å². The summed E-state index contributed by atoms with van der Waals surface area (Å²) in [5.74, 6) is 0.959. The molecule has 2 nitrogen and oxygen atoms in total. The Morgan fingerprint density at radius 3 is 2.75 bits per heavy atom. The summed E-state index contributed by atoms with van der Waals surface area (Å²) >= 11 is 0. The molecule has 68 valence electrons. The summed E-state index contributed by atoms with van der Waals surface area (Å²) in [4.78, 5) is 2.66. The molecule has 1 aliphatic carbocycles. The molecule has 1 atom stereocenters. The van der Waals surface area contributed by atoms with Gasteiger partial charge in [0.2, 0.25) is 0 Å². The Bertz CT molecular complexity index is 172. The number of rotatable bonds is 2. The zero-order valence-corrected chi connectivity index (χ0v) is 7.68. The fourth-order valence-corrected chi connectivity index (χ4v) is 2.76. The van der Waals surface area contributed by atoms with Crippen LogP contribution in [0.3, 0.4) is 0 Å². The average molecular weight is 166 g/mol. The van der Waals surface area contributed by atoms with E-state index in [9.17, 15) is 0 Å². The molecule has 0 amide bonds. The van der Waals surface area contributed by atoms with Gasteiger partial charge in [-0.3, -0.25) is 0 Å². The van der Waals surface area contributed by atoms with E-state index >= 15 is 0 Å². The Morgan fingerprint density at radius 2 is 2.17 bits per heavy atom. The molecule has 3 rings (SSSR count). The lowest BCUT2D eigenvalue weighted by atomic mass is 9.95. The smallest absolute Gasteiger partial charge is 0.00506 e. The zero-order valence-electron chi connectivity index (χ0n) is 7.68. The van der Waals surface area contributed by atoms with E-state index in [4.69, 9.17) is 0 Å². The fourth-order valence-electron chi connectivity index (χ4n) is 2.76. The molecule has 0 radical (unpaired) electrons. The Morgan fingerprint density at radius 1 is 1.33 bits per heavy atom. The van der Waals surface area contributed by atoms with Crippen LogP contribution in [0.1, 0.15) is 19.3 Å². The Kier molecular flexibility index (Phi) is 1.50. The SMILES string of the molecule is C1CC(CN2CC3(CC3)C2)CN1. The molecule has 2 aliphatic heterocycles. The van der Waals surface area contributed by atoms with Crippen molar-refractivity contribution in [2.24, 2.45) is 11.3 Å². The molecule has 12 heavy (non-hydrogen) atoms. The maximum atomic E-state index is 3.44. The fraction of sp³-hybridized carbons (Fsp3) is 1.00. The molecule has 0 aromatic heterocycles. The van der Waals surface area contributed by atoms with Crippen LogP contribution in [-0.4, -0.2) is 37.6 Å². The quantitative estimate of drug-likeness (QED) is 0.649. The second-order valence-corrected chi connectivity index (χ2v) is 5.03. The highest BCUT2D eigenvalue weighted by Crippen LogP contribution is 2.52. The predicted molar refractivity (Wildman–Crippen MR) is 49.1 cm³/mol. The second kappa shape index (κ2) is 2.46. The predicted octanol–water partition coefficient (Wildman–Crippen LogP) is 0.692. The summed E-state index contributed by atoms with van der Waals surface area (Å²) in [6.07, 6.45) is 4.45.